The second-order valence-corrected chi connectivity index (χ2v) is 19.0. The Balaban J connectivity index is 1.31. The number of hydrogen-bond donors (Lipinski definition) is 4. The van der Waals surface area contributed by atoms with E-state index in [4.69, 9.17) is 15.6 Å². The average Bonchev–Trinajstić information content (AvgIpc) is 3.64. The first-order chi connectivity index (χ1) is 22.6. The first kappa shape index (κ1) is 32.6. The van der Waals surface area contributed by atoms with Gasteiger partial charge in [-0.25, -0.2) is 0 Å². The monoisotopic (exact) mass is 657 g/mol. The Hall–Kier alpha value is -2.58. The third kappa shape index (κ3) is 4.32. The highest BCUT2D eigenvalue weighted by molar-refractivity contribution is 5.80. The molecule has 3 heterocycles. The zero-order chi connectivity index (χ0) is 34.1. The molecular weight excluding hydrogens is 598 g/mol. The van der Waals surface area contributed by atoms with Crippen LogP contribution in [0, 0.1) is 44.8 Å². The average molecular weight is 658 g/mol. The summed E-state index contributed by atoms with van der Waals surface area (Å²) in [5.41, 5.74) is 13.8. The molecule has 7 atom stereocenters. The second kappa shape index (κ2) is 10.5. The van der Waals surface area contributed by atoms with Gasteiger partial charge >= 0.3 is 5.97 Å². The van der Waals surface area contributed by atoms with Gasteiger partial charge in [-0.05, 0) is 114 Å². The summed E-state index contributed by atoms with van der Waals surface area (Å²) >= 11 is 0. The van der Waals surface area contributed by atoms with Crippen molar-refractivity contribution in [2.24, 2.45) is 44.8 Å². The highest BCUT2D eigenvalue weighted by Gasteiger charge is 2.70. The zero-order valence-corrected chi connectivity index (χ0v) is 30.5. The number of carbonyl (C=O) groups is 1. The van der Waals surface area contributed by atoms with Gasteiger partial charge in [-0.2, -0.15) is 5.10 Å². The van der Waals surface area contributed by atoms with Crippen molar-refractivity contribution >= 4 is 17.4 Å². The van der Waals surface area contributed by atoms with Crippen molar-refractivity contribution in [3.63, 3.8) is 0 Å². The molecule has 4 fully saturated rings. The number of allylic oxidation sites excluding steroid dienone is 2. The standard InChI is InChI=1S/C40H59N5O3/c1-35(2)10-12-40(34(46)47)13-11-39(7)31(28(40)21-35)26(24-18-25(42-22-24)23-45-14-16-48-17-15-45)19-30-37(5)20-27-32(43-44-33(27)41)36(3,4)29(37)8-9-38(30,39)6/h18,22,28-30,42H,8-17,19-21,23H2,1-7H3,(H,46,47)(H3,41,43,44)/t28-,29-,30?,37-,38+,39+,40-/m0/s1. The second-order valence-electron chi connectivity index (χ2n) is 19.0. The lowest BCUT2D eigenvalue weighted by Gasteiger charge is -2.71. The minimum absolute atomic E-state index is 0.0292. The number of aliphatic carboxylic acids is 1. The molecule has 2 aromatic heterocycles. The van der Waals surface area contributed by atoms with E-state index < -0.39 is 11.4 Å². The summed E-state index contributed by atoms with van der Waals surface area (Å²) in [7, 11) is 0. The lowest BCUT2D eigenvalue weighted by Crippen LogP contribution is -2.65. The normalized spacial score (nSPS) is 40.3. The van der Waals surface area contributed by atoms with Crippen LogP contribution in [-0.4, -0.2) is 57.5 Å². The smallest absolute Gasteiger partial charge is 0.310 e. The van der Waals surface area contributed by atoms with Crippen LogP contribution in [-0.2, 0) is 27.9 Å². The van der Waals surface area contributed by atoms with Gasteiger partial charge in [0.15, 0.2) is 0 Å². The molecule has 6 aliphatic rings. The van der Waals surface area contributed by atoms with Crippen molar-refractivity contribution in [3.05, 3.63) is 40.4 Å². The molecule has 3 saturated carbocycles. The zero-order valence-electron chi connectivity index (χ0n) is 30.5. The van der Waals surface area contributed by atoms with Gasteiger partial charge in [0, 0.05) is 42.5 Å². The molecule has 8 rings (SSSR count). The van der Waals surface area contributed by atoms with Crippen LogP contribution in [0.4, 0.5) is 5.82 Å². The number of carboxylic acids is 1. The number of H-pyrrole nitrogens is 2. The number of morpholine rings is 1. The van der Waals surface area contributed by atoms with E-state index in [-0.39, 0.29) is 33.0 Å². The van der Waals surface area contributed by atoms with E-state index >= 15 is 0 Å². The molecule has 8 nitrogen and oxygen atoms in total. The van der Waals surface area contributed by atoms with Crippen molar-refractivity contribution in [2.75, 3.05) is 32.0 Å². The van der Waals surface area contributed by atoms with Gasteiger partial charge in [0.1, 0.15) is 5.82 Å². The van der Waals surface area contributed by atoms with Crippen LogP contribution < -0.4 is 5.73 Å². The Kier molecular flexibility index (Phi) is 7.12. The summed E-state index contributed by atoms with van der Waals surface area (Å²) in [5, 5.41) is 19.1. The number of anilines is 1. The van der Waals surface area contributed by atoms with Crippen molar-refractivity contribution in [3.8, 4) is 0 Å². The quantitative estimate of drug-likeness (QED) is 0.269. The number of ether oxygens (including phenoxy) is 1. The minimum Gasteiger partial charge on any atom is -0.481 e. The Bertz CT molecular complexity index is 1660. The van der Waals surface area contributed by atoms with Crippen LogP contribution >= 0.6 is 0 Å². The fourth-order valence-electron chi connectivity index (χ4n) is 13.2. The van der Waals surface area contributed by atoms with Gasteiger partial charge in [0.25, 0.3) is 0 Å². The maximum atomic E-state index is 13.5. The van der Waals surface area contributed by atoms with Gasteiger partial charge in [0.2, 0.25) is 0 Å². The molecule has 5 aliphatic carbocycles. The van der Waals surface area contributed by atoms with Gasteiger partial charge in [-0.15, -0.1) is 0 Å². The molecule has 1 saturated heterocycles. The van der Waals surface area contributed by atoms with E-state index in [1.54, 1.807) is 0 Å². The van der Waals surface area contributed by atoms with Crippen LogP contribution in [0.2, 0.25) is 0 Å². The van der Waals surface area contributed by atoms with E-state index in [2.05, 4.69) is 75.7 Å². The molecule has 0 radical (unpaired) electrons. The molecule has 8 heteroatoms. The number of nitrogens with zero attached hydrogens (tertiary/aromatic N) is 2. The van der Waals surface area contributed by atoms with Crippen LogP contribution in [0.25, 0.3) is 5.57 Å². The maximum Gasteiger partial charge on any atom is 0.310 e. The van der Waals surface area contributed by atoms with E-state index in [0.29, 0.717) is 11.8 Å². The van der Waals surface area contributed by atoms with Crippen molar-refractivity contribution in [2.45, 2.75) is 118 Å². The number of rotatable bonds is 4. The predicted molar refractivity (Wildman–Crippen MR) is 189 cm³/mol. The summed E-state index contributed by atoms with van der Waals surface area (Å²) in [4.78, 5) is 19.7. The Morgan fingerprint density at radius 3 is 2.50 bits per heavy atom. The van der Waals surface area contributed by atoms with Gasteiger partial charge in [-0.1, -0.05) is 54.0 Å². The first-order valence-electron chi connectivity index (χ1n) is 18.8. The number of aromatic nitrogens is 3. The van der Waals surface area contributed by atoms with Crippen LogP contribution in [0.15, 0.2) is 17.8 Å². The van der Waals surface area contributed by atoms with E-state index in [0.717, 1.165) is 102 Å². The summed E-state index contributed by atoms with van der Waals surface area (Å²) in [6, 6.07) is 2.41. The predicted octanol–water partition coefficient (Wildman–Crippen LogP) is 7.58. The molecule has 1 aliphatic heterocycles. The molecule has 0 amide bonds. The number of nitrogens with one attached hydrogen (secondary N) is 2. The number of aromatic amines is 2. The summed E-state index contributed by atoms with van der Waals surface area (Å²) in [6.45, 7) is 21.7. The topological polar surface area (TPSA) is 120 Å². The van der Waals surface area contributed by atoms with Crippen molar-refractivity contribution in [1.82, 2.24) is 20.1 Å². The molecule has 48 heavy (non-hydrogen) atoms. The van der Waals surface area contributed by atoms with Crippen LogP contribution in [0.3, 0.4) is 0 Å². The Labute approximate surface area is 287 Å². The van der Waals surface area contributed by atoms with Crippen LogP contribution in [0.5, 0.6) is 0 Å². The molecule has 0 spiro atoms. The molecular formula is C40H59N5O3. The van der Waals surface area contributed by atoms with Crippen molar-refractivity contribution in [1.29, 1.82) is 0 Å². The van der Waals surface area contributed by atoms with E-state index in [9.17, 15) is 9.90 Å². The Morgan fingerprint density at radius 2 is 1.77 bits per heavy atom. The fraction of sp³-hybridized carbons (Fsp3) is 0.750. The number of fused-ring (bicyclic) bond motifs is 8. The Morgan fingerprint density at radius 1 is 1.04 bits per heavy atom. The maximum absolute atomic E-state index is 13.5. The lowest BCUT2D eigenvalue weighted by atomic mass is 9.33. The first-order valence-corrected chi connectivity index (χ1v) is 18.8. The largest absolute Gasteiger partial charge is 0.481 e. The molecule has 5 N–H and O–H groups in total. The fourth-order valence-corrected chi connectivity index (χ4v) is 13.2. The number of carboxylic acid groups (broad SMARTS) is 1. The molecule has 262 valence electrons. The van der Waals surface area contributed by atoms with Gasteiger partial charge < -0.3 is 20.6 Å². The van der Waals surface area contributed by atoms with Gasteiger partial charge in [0.05, 0.1) is 24.3 Å². The summed E-state index contributed by atoms with van der Waals surface area (Å²) in [6.07, 6.45) is 10.9. The molecule has 2 aromatic rings. The highest BCUT2D eigenvalue weighted by atomic mass is 16.5. The van der Waals surface area contributed by atoms with E-state index in [1.165, 1.54) is 28.0 Å². The number of nitrogens with two attached hydrogens (primary N) is 1. The highest BCUT2D eigenvalue weighted by Crippen LogP contribution is 2.77. The minimum atomic E-state index is -0.681. The summed E-state index contributed by atoms with van der Waals surface area (Å²) < 4.78 is 5.63. The lowest BCUT2D eigenvalue weighted by molar-refractivity contribution is -0.175. The molecule has 0 bridgehead atoms. The number of hydrogen-bond acceptors (Lipinski definition) is 5. The SMILES string of the molecule is CC1(C)CC[C@]2(C(=O)O)CC[C@]3(C)C(=C(c4c[nH]c(CN5CCOCC5)c4)CC4[C@@]5(C)Cc6c(n[nH]c6N)C(C)(C)[C@@H]5CC[C@]43C)[C@@H]2C1. The third-order valence-corrected chi connectivity index (χ3v) is 15.9. The molecule has 1 unspecified atom stereocenters. The number of nitrogen functional groups attached to an aromatic ring is 1. The van der Waals surface area contributed by atoms with Gasteiger partial charge in [-0.3, -0.25) is 14.8 Å². The third-order valence-electron chi connectivity index (χ3n) is 15.9. The summed E-state index contributed by atoms with van der Waals surface area (Å²) in [5.74, 6) is 1.13. The van der Waals surface area contributed by atoms with Crippen LogP contribution in [0.1, 0.15) is 122 Å². The molecule has 0 aromatic carbocycles. The van der Waals surface area contributed by atoms with Crippen molar-refractivity contribution < 1.29 is 14.6 Å². The van der Waals surface area contributed by atoms with E-state index in [1.807, 2.05) is 0 Å².